The van der Waals surface area contributed by atoms with Crippen LogP contribution < -0.4 is 5.32 Å². The zero-order valence-electron chi connectivity index (χ0n) is 9.21. The van der Waals surface area contributed by atoms with Crippen LogP contribution in [-0.4, -0.2) is 18.6 Å². The van der Waals surface area contributed by atoms with Gasteiger partial charge in [-0.2, -0.15) is 0 Å². The summed E-state index contributed by atoms with van der Waals surface area (Å²) in [5.41, 5.74) is 0.645. The van der Waals surface area contributed by atoms with Crippen LogP contribution in [0, 0.1) is 3.57 Å². The predicted octanol–water partition coefficient (Wildman–Crippen LogP) is 3.45. The SMILES string of the molecule is O=C(Nc1ccc(I)cc1Cl)C1CCCCO1. The molecule has 0 aliphatic carbocycles. The number of benzene rings is 1. The predicted molar refractivity (Wildman–Crippen MR) is 76.4 cm³/mol. The molecule has 1 unspecified atom stereocenters. The highest BCUT2D eigenvalue weighted by atomic mass is 127. The first-order chi connectivity index (χ1) is 8.16. The number of halogens is 2. The Balaban J connectivity index is 2.02. The van der Waals surface area contributed by atoms with Gasteiger partial charge in [-0.1, -0.05) is 11.6 Å². The number of carbonyl (C=O) groups excluding carboxylic acids is 1. The number of hydrogen-bond donors (Lipinski definition) is 1. The normalized spacial score (nSPS) is 20.0. The van der Waals surface area contributed by atoms with Gasteiger partial charge < -0.3 is 10.1 Å². The topological polar surface area (TPSA) is 38.3 Å². The molecule has 5 heteroatoms. The van der Waals surface area contributed by atoms with E-state index in [-0.39, 0.29) is 12.0 Å². The number of ether oxygens (including phenoxy) is 1. The van der Waals surface area contributed by atoms with Crippen molar-refractivity contribution in [2.75, 3.05) is 11.9 Å². The monoisotopic (exact) mass is 365 g/mol. The van der Waals surface area contributed by atoms with Crippen molar-refractivity contribution in [3.8, 4) is 0 Å². The molecule has 17 heavy (non-hydrogen) atoms. The highest BCUT2D eigenvalue weighted by Gasteiger charge is 2.22. The zero-order chi connectivity index (χ0) is 12.3. The van der Waals surface area contributed by atoms with Gasteiger partial charge in [-0.15, -0.1) is 0 Å². The lowest BCUT2D eigenvalue weighted by molar-refractivity contribution is -0.129. The number of amides is 1. The molecule has 0 saturated carbocycles. The second-order valence-corrected chi connectivity index (χ2v) is 5.62. The molecule has 1 N–H and O–H groups in total. The van der Waals surface area contributed by atoms with Gasteiger partial charge in [0.2, 0.25) is 0 Å². The summed E-state index contributed by atoms with van der Waals surface area (Å²) in [4.78, 5) is 11.9. The summed E-state index contributed by atoms with van der Waals surface area (Å²) >= 11 is 8.23. The molecule has 1 saturated heterocycles. The van der Waals surface area contributed by atoms with Crippen LogP contribution >= 0.6 is 34.2 Å². The van der Waals surface area contributed by atoms with Gasteiger partial charge in [0.1, 0.15) is 6.10 Å². The van der Waals surface area contributed by atoms with E-state index in [2.05, 4.69) is 27.9 Å². The van der Waals surface area contributed by atoms with Crippen LogP contribution in [0.1, 0.15) is 19.3 Å². The average Bonchev–Trinajstić information content (AvgIpc) is 2.34. The number of carbonyl (C=O) groups is 1. The largest absolute Gasteiger partial charge is 0.368 e. The lowest BCUT2D eigenvalue weighted by Gasteiger charge is -2.21. The molecule has 3 nitrogen and oxygen atoms in total. The molecular weight excluding hydrogens is 352 g/mol. The second kappa shape index (κ2) is 6.02. The van der Waals surface area contributed by atoms with Crippen LogP contribution in [0.5, 0.6) is 0 Å². The number of nitrogens with one attached hydrogen (secondary N) is 1. The third-order valence-electron chi connectivity index (χ3n) is 2.66. The quantitative estimate of drug-likeness (QED) is 0.815. The van der Waals surface area contributed by atoms with Crippen molar-refractivity contribution in [2.24, 2.45) is 0 Å². The smallest absolute Gasteiger partial charge is 0.253 e. The maximum Gasteiger partial charge on any atom is 0.253 e. The van der Waals surface area contributed by atoms with Crippen molar-refractivity contribution in [1.82, 2.24) is 0 Å². The van der Waals surface area contributed by atoms with Crippen molar-refractivity contribution in [2.45, 2.75) is 25.4 Å². The van der Waals surface area contributed by atoms with Gasteiger partial charge in [0, 0.05) is 10.2 Å². The van der Waals surface area contributed by atoms with E-state index < -0.39 is 0 Å². The van der Waals surface area contributed by atoms with E-state index in [9.17, 15) is 4.79 Å². The summed E-state index contributed by atoms with van der Waals surface area (Å²) in [5, 5.41) is 3.36. The van der Waals surface area contributed by atoms with E-state index in [0.29, 0.717) is 17.3 Å². The maximum absolute atomic E-state index is 11.9. The van der Waals surface area contributed by atoms with E-state index in [1.807, 2.05) is 18.2 Å². The maximum atomic E-state index is 11.9. The van der Waals surface area contributed by atoms with Crippen LogP contribution in [0.15, 0.2) is 18.2 Å². The Labute approximate surface area is 119 Å². The average molecular weight is 366 g/mol. The minimum absolute atomic E-state index is 0.104. The summed E-state index contributed by atoms with van der Waals surface area (Å²) in [6, 6.07) is 5.54. The van der Waals surface area contributed by atoms with Crippen molar-refractivity contribution >= 4 is 45.8 Å². The fourth-order valence-electron chi connectivity index (χ4n) is 1.75. The Morgan fingerprint density at radius 3 is 2.94 bits per heavy atom. The van der Waals surface area contributed by atoms with E-state index in [1.165, 1.54) is 0 Å². The fraction of sp³-hybridized carbons (Fsp3) is 0.417. The molecule has 1 atom stereocenters. The van der Waals surface area contributed by atoms with Gasteiger partial charge >= 0.3 is 0 Å². The highest BCUT2D eigenvalue weighted by Crippen LogP contribution is 2.24. The molecule has 1 aromatic carbocycles. The standard InChI is InChI=1S/C12H13ClINO2/c13-9-7-8(14)4-5-10(9)15-12(16)11-3-1-2-6-17-11/h4-5,7,11H,1-3,6H2,(H,15,16). The summed E-state index contributed by atoms with van der Waals surface area (Å²) in [6.45, 7) is 0.665. The lowest BCUT2D eigenvalue weighted by atomic mass is 10.1. The summed E-state index contributed by atoms with van der Waals surface area (Å²) in [7, 11) is 0. The van der Waals surface area contributed by atoms with Gasteiger partial charge in [0.25, 0.3) is 5.91 Å². The summed E-state index contributed by atoms with van der Waals surface area (Å²) in [6.07, 6.45) is 2.53. The van der Waals surface area contributed by atoms with E-state index in [4.69, 9.17) is 16.3 Å². The fourth-order valence-corrected chi connectivity index (χ4v) is 2.65. The molecule has 1 fully saturated rings. The van der Waals surface area contributed by atoms with Crippen molar-refractivity contribution in [3.63, 3.8) is 0 Å². The van der Waals surface area contributed by atoms with Gasteiger partial charge in [0.05, 0.1) is 10.7 Å². The zero-order valence-corrected chi connectivity index (χ0v) is 12.1. The first kappa shape index (κ1) is 13.1. The van der Waals surface area contributed by atoms with Crippen LogP contribution in [-0.2, 0) is 9.53 Å². The van der Waals surface area contributed by atoms with Crippen molar-refractivity contribution in [3.05, 3.63) is 26.8 Å². The molecule has 1 aromatic rings. The Morgan fingerprint density at radius 2 is 2.29 bits per heavy atom. The number of rotatable bonds is 2. The van der Waals surface area contributed by atoms with Gasteiger partial charge in [-0.05, 0) is 60.1 Å². The van der Waals surface area contributed by atoms with Crippen LogP contribution in [0.3, 0.4) is 0 Å². The Hall–Kier alpha value is -0.330. The van der Waals surface area contributed by atoms with Gasteiger partial charge in [0.15, 0.2) is 0 Å². The first-order valence-corrected chi connectivity index (χ1v) is 7.00. The Kier molecular flexibility index (Phi) is 4.64. The molecule has 0 spiro atoms. The minimum atomic E-state index is -0.334. The molecular formula is C12H13ClINO2. The molecule has 0 radical (unpaired) electrons. The Morgan fingerprint density at radius 1 is 1.47 bits per heavy atom. The van der Waals surface area contributed by atoms with Crippen LogP contribution in [0.4, 0.5) is 5.69 Å². The lowest BCUT2D eigenvalue weighted by Crippen LogP contribution is -2.33. The molecule has 2 rings (SSSR count). The molecule has 92 valence electrons. The molecule has 1 amide bonds. The second-order valence-electron chi connectivity index (χ2n) is 3.97. The van der Waals surface area contributed by atoms with Crippen molar-refractivity contribution in [1.29, 1.82) is 0 Å². The summed E-state index contributed by atoms with van der Waals surface area (Å²) in [5.74, 6) is -0.104. The molecule has 1 aliphatic heterocycles. The van der Waals surface area contributed by atoms with Crippen LogP contribution in [0.2, 0.25) is 5.02 Å². The summed E-state index contributed by atoms with van der Waals surface area (Å²) < 4.78 is 6.46. The van der Waals surface area contributed by atoms with E-state index >= 15 is 0 Å². The number of anilines is 1. The molecule has 1 aliphatic rings. The third-order valence-corrected chi connectivity index (χ3v) is 3.64. The van der Waals surface area contributed by atoms with E-state index in [0.717, 1.165) is 22.8 Å². The van der Waals surface area contributed by atoms with E-state index in [1.54, 1.807) is 0 Å². The number of hydrogen-bond acceptors (Lipinski definition) is 2. The van der Waals surface area contributed by atoms with Crippen molar-refractivity contribution < 1.29 is 9.53 Å². The molecule has 0 bridgehead atoms. The molecule has 0 aromatic heterocycles. The minimum Gasteiger partial charge on any atom is -0.368 e. The first-order valence-electron chi connectivity index (χ1n) is 5.54. The van der Waals surface area contributed by atoms with Gasteiger partial charge in [-0.25, -0.2) is 0 Å². The highest BCUT2D eigenvalue weighted by molar-refractivity contribution is 14.1. The van der Waals surface area contributed by atoms with Gasteiger partial charge in [-0.3, -0.25) is 4.79 Å². The van der Waals surface area contributed by atoms with Crippen LogP contribution in [0.25, 0.3) is 0 Å². The molecule has 1 heterocycles. The third kappa shape index (κ3) is 3.56. The Bertz CT molecular complexity index is 419.